The molecule has 2 atom stereocenters. The zero-order valence-electron chi connectivity index (χ0n) is 15.0. The van der Waals surface area contributed by atoms with E-state index in [4.69, 9.17) is 5.73 Å². The third-order valence-electron chi connectivity index (χ3n) is 4.25. The van der Waals surface area contributed by atoms with Gasteiger partial charge in [-0.1, -0.05) is 27.7 Å². The SMILES string of the molecule is CC(C)CCNc1nc(N)c([N+](=O)[O-])c(N2C[C@H](C)C[C@H](C)C2)n1. The van der Waals surface area contributed by atoms with Crippen LogP contribution < -0.4 is 16.0 Å². The second kappa shape index (κ2) is 7.63. The Labute approximate surface area is 143 Å². The third kappa shape index (κ3) is 4.46. The van der Waals surface area contributed by atoms with Crippen LogP contribution in [0, 0.1) is 27.9 Å². The van der Waals surface area contributed by atoms with Crippen molar-refractivity contribution < 1.29 is 4.92 Å². The smallest absolute Gasteiger partial charge is 0.353 e. The minimum absolute atomic E-state index is 0.0806. The van der Waals surface area contributed by atoms with Gasteiger partial charge in [0.15, 0.2) is 0 Å². The summed E-state index contributed by atoms with van der Waals surface area (Å²) in [6.07, 6.45) is 2.08. The van der Waals surface area contributed by atoms with E-state index < -0.39 is 4.92 Å². The molecule has 0 spiro atoms. The molecule has 1 aromatic heterocycles. The van der Waals surface area contributed by atoms with Gasteiger partial charge in [-0.15, -0.1) is 0 Å². The van der Waals surface area contributed by atoms with Crippen molar-refractivity contribution >= 4 is 23.3 Å². The van der Waals surface area contributed by atoms with Gasteiger partial charge in [-0.05, 0) is 30.6 Å². The summed E-state index contributed by atoms with van der Waals surface area (Å²) < 4.78 is 0. The summed E-state index contributed by atoms with van der Waals surface area (Å²) in [5.41, 5.74) is 5.68. The minimum atomic E-state index is -0.480. The van der Waals surface area contributed by atoms with Crippen LogP contribution in [0.1, 0.15) is 40.5 Å². The molecule has 0 aromatic carbocycles. The fourth-order valence-electron chi connectivity index (χ4n) is 3.24. The molecular formula is C16H28N6O2. The second-order valence-electron chi connectivity index (χ2n) is 7.32. The maximum atomic E-state index is 11.5. The van der Waals surface area contributed by atoms with Gasteiger partial charge >= 0.3 is 5.69 Å². The Morgan fingerprint density at radius 1 is 1.33 bits per heavy atom. The lowest BCUT2D eigenvalue weighted by atomic mass is 9.92. The molecule has 1 fully saturated rings. The number of nitrogens with two attached hydrogens (primary N) is 1. The summed E-state index contributed by atoms with van der Waals surface area (Å²) >= 11 is 0. The number of piperidine rings is 1. The molecule has 2 heterocycles. The average Bonchev–Trinajstić information content (AvgIpc) is 2.44. The largest absolute Gasteiger partial charge is 0.378 e. The molecule has 0 aliphatic carbocycles. The first-order chi connectivity index (χ1) is 11.3. The van der Waals surface area contributed by atoms with Crippen LogP contribution in [0.4, 0.5) is 23.3 Å². The predicted octanol–water partition coefficient (Wildman–Crippen LogP) is 2.91. The summed E-state index contributed by atoms with van der Waals surface area (Å²) in [4.78, 5) is 21.5. The van der Waals surface area contributed by atoms with E-state index in [9.17, 15) is 10.1 Å². The third-order valence-corrected chi connectivity index (χ3v) is 4.25. The Morgan fingerprint density at radius 3 is 2.50 bits per heavy atom. The first-order valence-electron chi connectivity index (χ1n) is 8.58. The van der Waals surface area contributed by atoms with Gasteiger partial charge in [0.1, 0.15) is 0 Å². The topological polar surface area (TPSA) is 110 Å². The molecule has 3 N–H and O–H groups in total. The number of nitrogens with zero attached hydrogens (tertiary/aromatic N) is 4. The molecule has 0 radical (unpaired) electrons. The number of anilines is 3. The van der Waals surface area contributed by atoms with Crippen LogP contribution in [0.3, 0.4) is 0 Å². The summed E-state index contributed by atoms with van der Waals surface area (Å²) in [6, 6.07) is 0. The standard InChI is InChI=1S/C16H28N6O2/c1-10(2)5-6-18-16-19-14(17)13(22(23)24)15(20-16)21-8-11(3)7-12(4)9-21/h10-12H,5-9H2,1-4H3,(H3,17,18,19,20)/t11-,12+. The van der Waals surface area contributed by atoms with Crippen molar-refractivity contribution in [3.63, 3.8) is 0 Å². The summed E-state index contributed by atoms with van der Waals surface area (Å²) in [6.45, 7) is 10.8. The van der Waals surface area contributed by atoms with Crippen LogP contribution in [0.5, 0.6) is 0 Å². The molecule has 24 heavy (non-hydrogen) atoms. The van der Waals surface area contributed by atoms with Crippen LogP contribution in [0.15, 0.2) is 0 Å². The number of hydrogen-bond donors (Lipinski definition) is 2. The van der Waals surface area contributed by atoms with Gasteiger partial charge < -0.3 is 16.0 Å². The summed E-state index contributed by atoms with van der Waals surface area (Å²) in [5.74, 6) is 2.08. The number of aromatic nitrogens is 2. The lowest BCUT2D eigenvalue weighted by molar-refractivity contribution is -0.383. The molecule has 0 bridgehead atoms. The molecule has 1 aliphatic heterocycles. The zero-order valence-corrected chi connectivity index (χ0v) is 15.0. The fraction of sp³-hybridized carbons (Fsp3) is 0.750. The maximum Gasteiger partial charge on any atom is 0.353 e. The molecule has 1 saturated heterocycles. The lowest BCUT2D eigenvalue weighted by Crippen LogP contribution is -2.39. The van der Waals surface area contributed by atoms with Crippen molar-refractivity contribution in [3.05, 3.63) is 10.1 Å². The molecule has 2 rings (SSSR count). The first-order valence-corrected chi connectivity index (χ1v) is 8.58. The molecule has 0 saturated carbocycles. The van der Waals surface area contributed by atoms with Gasteiger partial charge in [0.25, 0.3) is 0 Å². The zero-order chi connectivity index (χ0) is 17.9. The maximum absolute atomic E-state index is 11.5. The molecular weight excluding hydrogens is 308 g/mol. The normalized spacial score (nSPS) is 21.1. The van der Waals surface area contributed by atoms with Gasteiger partial charge in [-0.2, -0.15) is 9.97 Å². The van der Waals surface area contributed by atoms with Crippen molar-refractivity contribution in [3.8, 4) is 0 Å². The van der Waals surface area contributed by atoms with Crippen molar-refractivity contribution in [2.75, 3.05) is 35.6 Å². The van der Waals surface area contributed by atoms with Crippen LogP contribution in [-0.2, 0) is 0 Å². The van der Waals surface area contributed by atoms with E-state index in [1.165, 1.54) is 0 Å². The van der Waals surface area contributed by atoms with Crippen LogP contribution in [0.2, 0.25) is 0 Å². The van der Waals surface area contributed by atoms with Crippen molar-refractivity contribution in [1.29, 1.82) is 0 Å². The number of nitrogen functional groups attached to an aromatic ring is 1. The van der Waals surface area contributed by atoms with Crippen molar-refractivity contribution in [1.82, 2.24) is 9.97 Å². The number of nitrogens with one attached hydrogen (secondary N) is 1. The average molecular weight is 336 g/mol. The second-order valence-corrected chi connectivity index (χ2v) is 7.32. The van der Waals surface area contributed by atoms with Crippen molar-refractivity contribution in [2.24, 2.45) is 17.8 Å². The Balaban J connectivity index is 2.31. The van der Waals surface area contributed by atoms with Crippen LogP contribution in [0.25, 0.3) is 0 Å². The number of hydrogen-bond acceptors (Lipinski definition) is 7. The molecule has 0 unspecified atom stereocenters. The van der Waals surface area contributed by atoms with Gasteiger partial charge in [0.2, 0.25) is 17.6 Å². The van der Waals surface area contributed by atoms with Crippen LogP contribution >= 0.6 is 0 Å². The summed E-state index contributed by atoms with van der Waals surface area (Å²) in [7, 11) is 0. The quantitative estimate of drug-likeness (QED) is 0.607. The van der Waals surface area contributed by atoms with Gasteiger partial charge in [0, 0.05) is 19.6 Å². The van der Waals surface area contributed by atoms with E-state index in [1.54, 1.807) is 0 Å². The monoisotopic (exact) mass is 336 g/mol. The highest BCUT2D eigenvalue weighted by Crippen LogP contribution is 2.35. The van der Waals surface area contributed by atoms with Crippen molar-refractivity contribution in [2.45, 2.75) is 40.5 Å². The van der Waals surface area contributed by atoms with E-state index in [-0.39, 0.29) is 11.5 Å². The Bertz CT molecular complexity index is 582. The van der Waals surface area contributed by atoms with Crippen LogP contribution in [-0.4, -0.2) is 34.5 Å². The minimum Gasteiger partial charge on any atom is -0.378 e. The Kier molecular flexibility index (Phi) is 5.80. The van der Waals surface area contributed by atoms with E-state index in [1.807, 2.05) is 4.90 Å². The molecule has 0 amide bonds. The van der Waals surface area contributed by atoms with Gasteiger partial charge in [-0.25, -0.2) is 0 Å². The Morgan fingerprint density at radius 2 is 1.96 bits per heavy atom. The van der Waals surface area contributed by atoms with E-state index in [0.717, 1.165) is 25.9 Å². The van der Waals surface area contributed by atoms with E-state index in [0.29, 0.717) is 36.1 Å². The number of nitro groups is 1. The highest BCUT2D eigenvalue weighted by molar-refractivity contribution is 5.71. The van der Waals surface area contributed by atoms with Gasteiger partial charge in [-0.3, -0.25) is 10.1 Å². The lowest BCUT2D eigenvalue weighted by Gasteiger charge is -2.35. The highest BCUT2D eigenvalue weighted by atomic mass is 16.6. The first kappa shape index (κ1) is 18.2. The van der Waals surface area contributed by atoms with E-state index in [2.05, 4.69) is 43.0 Å². The van der Waals surface area contributed by atoms with Gasteiger partial charge in [0.05, 0.1) is 4.92 Å². The highest BCUT2D eigenvalue weighted by Gasteiger charge is 2.31. The molecule has 1 aliphatic rings. The Hall–Kier alpha value is -2.12. The molecule has 1 aromatic rings. The molecule has 8 nitrogen and oxygen atoms in total. The fourth-order valence-corrected chi connectivity index (χ4v) is 3.24. The predicted molar refractivity (Wildman–Crippen MR) is 96.2 cm³/mol. The number of rotatable bonds is 6. The van der Waals surface area contributed by atoms with E-state index >= 15 is 0 Å². The molecule has 8 heteroatoms. The molecule has 134 valence electrons. The summed E-state index contributed by atoms with van der Waals surface area (Å²) in [5, 5.41) is 14.6.